The van der Waals surface area contributed by atoms with Crippen molar-refractivity contribution in [1.29, 1.82) is 0 Å². The predicted molar refractivity (Wildman–Crippen MR) is 80.4 cm³/mol. The van der Waals surface area contributed by atoms with Crippen LogP contribution in [0.1, 0.15) is 36.7 Å². The lowest BCUT2D eigenvalue weighted by Gasteiger charge is -2.13. The van der Waals surface area contributed by atoms with Gasteiger partial charge in [-0.3, -0.25) is 4.79 Å². The van der Waals surface area contributed by atoms with E-state index in [1.807, 2.05) is 24.3 Å². The van der Waals surface area contributed by atoms with Crippen molar-refractivity contribution >= 4 is 22.5 Å². The number of carbonyl (C=O) groups excluding carboxylic acids is 1. The number of aromatic nitrogens is 1. The van der Waals surface area contributed by atoms with Gasteiger partial charge in [0.05, 0.1) is 0 Å². The van der Waals surface area contributed by atoms with Crippen LogP contribution in [0.15, 0.2) is 30.3 Å². The molecule has 0 radical (unpaired) electrons. The molecule has 1 heterocycles. The molecule has 0 bridgehead atoms. The number of nitrogen functional groups attached to an aromatic ring is 1. The summed E-state index contributed by atoms with van der Waals surface area (Å²) in [7, 11) is 0. The molecule has 104 valence electrons. The highest BCUT2D eigenvalue weighted by atomic mass is 16.1. The molecule has 4 nitrogen and oxygen atoms in total. The fourth-order valence-electron chi connectivity index (χ4n) is 2.94. The number of nitrogens with zero attached hydrogens (tertiary/aromatic N) is 1. The first-order valence-corrected chi connectivity index (χ1v) is 7.09. The minimum absolute atomic E-state index is 0.124. The van der Waals surface area contributed by atoms with Gasteiger partial charge in [0.15, 0.2) is 0 Å². The standard InChI is InChI=1S/C16H19N3O/c1-10-6-7-12(8-10)18-16(20)14-9-11-4-2-3-5-13(11)15(17)19-14/h2-5,9-10,12H,6-8H2,1H3,(H2,17,19)(H,18,20). The van der Waals surface area contributed by atoms with Gasteiger partial charge < -0.3 is 11.1 Å². The molecular weight excluding hydrogens is 250 g/mol. The molecule has 1 aromatic heterocycles. The van der Waals surface area contributed by atoms with E-state index in [4.69, 9.17) is 5.73 Å². The Morgan fingerprint density at radius 1 is 1.35 bits per heavy atom. The SMILES string of the molecule is CC1CCC(NC(=O)c2cc3ccccc3c(N)n2)C1. The number of amides is 1. The molecule has 1 saturated carbocycles. The van der Waals surface area contributed by atoms with E-state index in [0.29, 0.717) is 17.4 Å². The molecule has 1 aromatic carbocycles. The quantitative estimate of drug-likeness (QED) is 0.880. The lowest BCUT2D eigenvalue weighted by Crippen LogP contribution is -2.33. The summed E-state index contributed by atoms with van der Waals surface area (Å²) < 4.78 is 0. The third kappa shape index (κ3) is 2.46. The van der Waals surface area contributed by atoms with E-state index >= 15 is 0 Å². The average Bonchev–Trinajstić information content (AvgIpc) is 2.84. The summed E-state index contributed by atoms with van der Waals surface area (Å²) in [5.41, 5.74) is 6.34. The first kappa shape index (κ1) is 12.9. The van der Waals surface area contributed by atoms with E-state index in [2.05, 4.69) is 17.2 Å². The molecule has 0 spiro atoms. The second kappa shape index (κ2) is 5.12. The number of nitrogens with one attached hydrogen (secondary N) is 1. The van der Waals surface area contributed by atoms with Gasteiger partial charge in [-0.05, 0) is 36.6 Å². The normalized spacial score (nSPS) is 22.1. The summed E-state index contributed by atoms with van der Waals surface area (Å²) in [5.74, 6) is 0.976. The smallest absolute Gasteiger partial charge is 0.270 e. The molecule has 1 fully saturated rings. The first-order valence-electron chi connectivity index (χ1n) is 7.09. The highest BCUT2D eigenvalue weighted by molar-refractivity contribution is 5.99. The van der Waals surface area contributed by atoms with Crippen LogP contribution in [-0.4, -0.2) is 16.9 Å². The van der Waals surface area contributed by atoms with Gasteiger partial charge in [0.1, 0.15) is 11.5 Å². The summed E-state index contributed by atoms with van der Waals surface area (Å²) in [4.78, 5) is 16.5. The van der Waals surface area contributed by atoms with Crippen LogP contribution >= 0.6 is 0 Å². The maximum Gasteiger partial charge on any atom is 0.270 e. The van der Waals surface area contributed by atoms with E-state index in [0.717, 1.165) is 23.6 Å². The Hall–Kier alpha value is -2.10. The zero-order valence-electron chi connectivity index (χ0n) is 11.6. The Labute approximate surface area is 118 Å². The lowest BCUT2D eigenvalue weighted by atomic mass is 10.1. The second-order valence-corrected chi connectivity index (χ2v) is 5.70. The Bertz CT molecular complexity index is 653. The van der Waals surface area contributed by atoms with Crippen LogP contribution in [0.5, 0.6) is 0 Å². The fourth-order valence-corrected chi connectivity index (χ4v) is 2.94. The maximum absolute atomic E-state index is 12.3. The maximum atomic E-state index is 12.3. The summed E-state index contributed by atoms with van der Waals surface area (Å²) in [6, 6.07) is 9.79. The highest BCUT2D eigenvalue weighted by Crippen LogP contribution is 2.25. The van der Waals surface area contributed by atoms with Gasteiger partial charge >= 0.3 is 0 Å². The van der Waals surface area contributed by atoms with Crippen LogP contribution in [0, 0.1) is 5.92 Å². The minimum Gasteiger partial charge on any atom is -0.383 e. The number of hydrogen-bond acceptors (Lipinski definition) is 3. The minimum atomic E-state index is -0.124. The van der Waals surface area contributed by atoms with E-state index in [1.54, 1.807) is 6.07 Å². The van der Waals surface area contributed by atoms with Gasteiger partial charge in [-0.25, -0.2) is 4.98 Å². The number of rotatable bonds is 2. The number of anilines is 1. The van der Waals surface area contributed by atoms with E-state index < -0.39 is 0 Å². The zero-order valence-corrected chi connectivity index (χ0v) is 11.6. The number of benzene rings is 1. The van der Waals surface area contributed by atoms with Crippen molar-refractivity contribution in [3.63, 3.8) is 0 Å². The van der Waals surface area contributed by atoms with Gasteiger partial charge in [-0.2, -0.15) is 0 Å². The first-order chi connectivity index (χ1) is 9.63. The van der Waals surface area contributed by atoms with Crippen molar-refractivity contribution in [3.8, 4) is 0 Å². The zero-order chi connectivity index (χ0) is 14.1. The second-order valence-electron chi connectivity index (χ2n) is 5.70. The molecule has 20 heavy (non-hydrogen) atoms. The van der Waals surface area contributed by atoms with Gasteiger partial charge in [0.25, 0.3) is 5.91 Å². The molecule has 3 rings (SSSR count). The predicted octanol–water partition coefficient (Wildman–Crippen LogP) is 2.74. The molecule has 1 aliphatic rings. The van der Waals surface area contributed by atoms with Crippen LogP contribution in [0.25, 0.3) is 10.8 Å². The summed E-state index contributed by atoms with van der Waals surface area (Å²) in [5, 5.41) is 4.90. The Balaban J connectivity index is 1.84. The number of pyridine rings is 1. The van der Waals surface area contributed by atoms with Gasteiger partial charge in [0.2, 0.25) is 0 Å². The number of fused-ring (bicyclic) bond motifs is 1. The van der Waals surface area contributed by atoms with Gasteiger partial charge in [0, 0.05) is 11.4 Å². The van der Waals surface area contributed by atoms with Crippen LogP contribution < -0.4 is 11.1 Å². The van der Waals surface area contributed by atoms with Gasteiger partial charge in [-0.1, -0.05) is 31.2 Å². The average molecular weight is 269 g/mol. The molecule has 2 unspecified atom stereocenters. The van der Waals surface area contributed by atoms with Crippen LogP contribution in [-0.2, 0) is 0 Å². The van der Waals surface area contributed by atoms with E-state index in [-0.39, 0.29) is 11.9 Å². The summed E-state index contributed by atoms with van der Waals surface area (Å²) in [6.07, 6.45) is 3.28. The molecule has 1 aliphatic carbocycles. The van der Waals surface area contributed by atoms with E-state index in [9.17, 15) is 4.79 Å². The topological polar surface area (TPSA) is 68.0 Å². The van der Waals surface area contributed by atoms with Crippen molar-refractivity contribution < 1.29 is 4.79 Å². The third-order valence-electron chi connectivity index (χ3n) is 4.03. The largest absolute Gasteiger partial charge is 0.383 e. The number of nitrogens with two attached hydrogens (primary N) is 1. The monoisotopic (exact) mass is 269 g/mol. The Kier molecular flexibility index (Phi) is 3.30. The summed E-state index contributed by atoms with van der Waals surface area (Å²) in [6.45, 7) is 2.22. The van der Waals surface area contributed by atoms with Crippen molar-refractivity contribution in [3.05, 3.63) is 36.0 Å². The summed E-state index contributed by atoms with van der Waals surface area (Å²) >= 11 is 0. The fraction of sp³-hybridized carbons (Fsp3) is 0.375. The van der Waals surface area contributed by atoms with Crippen LogP contribution in [0.4, 0.5) is 5.82 Å². The van der Waals surface area contributed by atoms with Crippen molar-refractivity contribution in [2.75, 3.05) is 5.73 Å². The molecule has 1 amide bonds. The third-order valence-corrected chi connectivity index (χ3v) is 4.03. The van der Waals surface area contributed by atoms with E-state index in [1.165, 1.54) is 6.42 Å². The van der Waals surface area contributed by atoms with Crippen molar-refractivity contribution in [1.82, 2.24) is 10.3 Å². The molecule has 2 aromatic rings. The Morgan fingerprint density at radius 2 is 2.15 bits per heavy atom. The molecule has 4 heteroatoms. The molecule has 3 N–H and O–H groups in total. The molecule has 2 atom stereocenters. The van der Waals surface area contributed by atoms with Crippen molar-refractivity contribution in [2.24, 2.45) is 5.92 Å². The lowest BCUT2D eigenvalue weighted by molar-refractivity contribution is 0.0932. The number of carbonyl (C=O) groups is 1. The van der Waals surface area contributed by atoms with Crippen LogP contribution in [0.2, 0.25) is 0 Å². The highest BCUT2D eigenvalue weighted by Gasteiger charge is 2.23. The van der Waals surface area contributed by atoms with Crippen LogP contribution in [0.3, 0.4) is 0 Å². The molecule has 0 aliphatic heterocycles. The molecular formula is C16H19N3O. The number of hydrogen-bond donors (Lipinski definition) is 2. The molecule has 0 saturated heterocycles. The van der Waals surface area contributed by atoms with Crippen molar-refractivity contribution in [2.45, 2.75) is 32.2 Å². The Morgan fingerprint density at radius 3 is 2.90 bits per heavy atom. The van der Waals surface area contributed by atoms with Gasteiger partial charge in [-0.15, -0.1) is 0 Å².